The monoisotopic (exact) mass is 200 g/mol. The van der Waals surface area contributed by atoms with Gasteiger partial charge < -0.3 is 14.9 Å². The summed E-state index contributed by atoms with van der Waals surface area (Å²) in [5.74, 6) is -2.18. The molecule has 0 aromatic rings. The molecule has 0 bridgehead atoms. The van der Waals surface area contributed by atoms with E-state index in [0.717, 1.165) is 18.4 Å². The third-order valence-corrected chi connectivity index (χ3v) is 1.23. The van der Waals surface area contributed by atoms with Crippen LogP contribution in [0.5, 0.6) is 0 Å². The van der Waals surface area contributed by atoms with Gasteiger partial charge in [0, 0.05) is 12.0 Å². The zero-order valence-corrected chi connectivity index (χ0v) is 7.71. The topological polar surface area (TPSA) is 83.8 Å². The third kappa shape index (κ3) is 8.32. The Balaban J connectivity index is 3.69. The van der Waals surface area contributed by atoms with E-state index >= 15 is 0 Å². The molecule has 5 heteroatoms. The maximum Gasteiger partial charge on any atom is 0.331 e. The van der Waals surface area contributed by atoms with Gasteiger partial charge in [-0.2, -0.15) is 0 Å². The van der Waals surface area contributed by atoms with Crippen LogP contribution >= 0.6 is 0 Å². The van der Waals surface area contributed by atoms with Crippen LogP contribution in [0.15, 0.2) is 24.5 Å². The van der Waals surface area contributed by atoms with Crippen molar-refractivity contribution in [3.05, 3.63) is 24.5 Å². The molecule has 0 aromatic carbocycles. The second-order valence-electron chi connectivity index (χ2n) is 2.65. The molecule has 78 valence electrons. The first-order chi connectivity index (χ1) is 6.52. The molecule has 14 heavy (non-hydrogen) atoms. The zero-order valence-electron chi connectivity index (χ0n) is 7.71. The molecule has 5 nitrogen and oxygen atoms in total. The zero-order chi connectivity index (χ0) is 11.0. The van der Waals surface area contributed by atoms with E-state index in [4.69, 9.17) is 14.9 Å². The highest BCUT2D eigenvalue weighted by atomic mass is 16.5. The van der Waals surface area contributed by atoms with E-state index in [1.165, 1.54) is 6.08 Å². The number of carbonyl (C=O) groups is 2. The average Bonchev–Trinajstić information content (AvgIpc) is 2.08. The summed E-state index contributed by atoms with van der Waals surface area (Å²) in [6, 6.07) is 0. The highest BCUT2D eigenvalue weighted by Gasteiger charge is 1.97. The van der Waals surface area contributed by atoms with E-state index in [0.29, 0.717) is 0 Å². The van der Waals surface area contributed by atoms with Crippen LogP contribution in [0.25, 0.3) is 0 Å². The fourth-order valence-electron chi connectivity index (χ4n) is 0.616. The molecule has 0 aromatic heterocycles. The first-order valence-corrected chi connectivity index (χ1v) is 3.94. The molecule has 0 spiro atoms. The summed E-state index contributed by atoms with van der Waals surface area (Å²) in [4.78, 5) is 20.1. The fourth-order valence-corrected chi connectivity index (χ4v) is 0.616. The first kappa shape index (κ1) is 12.2. The van der Waals surface area contributed by atoms with Crippen molar-refractivity contribution in [3.63, 3.8) is 0 Å². The Kier molecular flexibility index (Phi) is 5.85. The number of carboxylic acids is 2. The van der Waals surface area contributed by atoms with Gasteiger partial charge in [0.05, 0.1) is 18.9 Å². The van der Waals surface area contributed by atoms with Crippen LogP contribution in [-0.2, 0) is 14.3 Å². The summed E-state index contributed by atoms with van der Waals surface area (Å²) in [5, 5.41) is 16.5. The quantitative estimate of drug-likeness (QED) is 0.491. The van der Waals surface area contributed by atoms with Gasteiger partial charge in [-0.3, -0.25) is 0 Å². The molecule has 0 aliphatic rings. The van der Waals surface area contributed by atoms with Crippen LogP contribution in [-0.4, -0.2) is 28.8 Å². The van der Waals surface area contributed by atoms with Gasteiger partial charge in [0.25, 0.3) is 0 Å². The number of hydrogen-bond acceptors (Lipinski definition) is 3. The van der Waals surface area contributed by atoms with Crippen molar-refractivity contribution in [2.75, 3.05) is 6.61 Å². The number of carboxylic acid groups (broad SMARTS) is 2. The molecule has 1 unspecified atom stereocenters. The lowest BCUT2D eigenvalue weighted by molar-refractivity contribution is -0.132. The van der Waals surface area contributed by atoms with Gasteiger partial charge in [-0.15, -0.1) is 0 Å². The van der Waals surface area contributed by atoms with E-state index in [1.54, 1.807) is 6.92 Å². The van der Waals surface area contributed by atoms with Crippen LogP contribution in [0, 0.1) is 5.92 Å². The standard InChI is InChI=1S/C9H12O5/c1-7(2-3-8(10)11)6-14-5-4-9(12)13/h2-5,7H,6H2,1H3,(H,10,11)(H,12,13). The molecule has 0 heterocycles. The van der Waals surface area contributed by atoms with Crippen LogP contribution < -0.4 is 0 Å². The SMILES string of the molecule is CC(C=CC(=O)O)COC=CC(=O)O. The minimum Gasteiger partial charge on any atom is -0.500 e. The van der Waals surface area contributed by atoms with E-state index in [-0.39, 0.29) is 12.5 Å². The molecule has 0 aliphatic carbocycles. The summed E-state index contributed by atoms with van der Waals surface area (Å²) >= 11 is 0. The van der Waals surface area contributed by atoms with Gasteiger partial charge in [-0.1, -0.05) is 13.0 Å². The Morgan fingerprint density at radius 2 is 1.86 bits per heavy atom. The van der Waals surface area contributed by atoms with Crippen molar-refractivity contribution in [1.29, 1.82) is 0 Å². The fraction of sp³-hybridized carbons (Fsp3) is 0.333. The van der Waals surface area contributed by atoms with Crippen molar-refractivity contribution in [1.82, 2.24) is 0 Å². The lowest BCUT2D eigenvalue weighted by Crippen LogP contribution is -2.01. The molecule has 0 aliphatic heterocycles. The molecule has 0 saturated heterocycles. The van der Waals surface area contributed by atoms with Crippen LogP contribution in [0.2, 0.25) is 0 Å². The summed E-state index contributed by atoms with van der Waals surface area (Å²) in [7, 11) is 0. The predicted octanol–water partition coefficient (Wildman–Crippen LogP) is 0.878. The minimum atomic E-state index is -1.08. The van der Waals surface area contributed by atoms with E-state index in [2.05, 4.69) is 0 Å². The normalized spacial score (nSPS) is 13.2. The number of hydrogen-bond donors (Lipinski definition) is 2. The van der Waals surface area contributed by atoms with E-state index in [9.17, 15) is 9.59 Å². The lowest BCUT2D eigenvalue weighted by atomic mass is 10.2. The van der Waals surface area contributed by atoms with Gasteiger partial charge in [-0.05, 0) is 0 Å². The van der Waals surface area contributed by atoms with E-state index < -0.39 is 11.9 Å². The number of rotatable bonds is 6. The second kappa shape index (κ2) is 6.71. The van der Waals surface area contributed by atoms with Crippen molar-refractivity contribution in [3.8, 4) is 0 Å². The lowest BCUT2D eigenvalue weighted by Gasteiger charge is -2.03. The Morgan fingerprint density at radius 3 is 2.36 bits per heavy atom. The highest BCUT2D eigenvalue weighted by molar-refractivity contribution is 5.79. The second-order valence-corrected chi connectivity index (χ2v) is 2.65. The highest BCUT2D eigenvalue weighted by Crippen LogP contribution is 1.98. The molecule has 0 rings (SSSR count). The summed E-state index contributed by atoms with van der Waals surface area (Å²) in [6.45, 7) is 2.00. The van der Waals surface area contributed by atoms with Gasteiger partial charge in [0.15, 0.2) is 0 Å². The van der Waals surface area contributed by atoms with E-state index in [1.807, 2.05) is 0 Å². The Hall–Kier alpha value is -1.78. The van der Waals surface area contributed by atoms with Crippen molar-refractivity contribution < 1.29 is 24.5 Å². The largest absolute Gasteiger partial charge is 0.500 e. The molecule has 2 N–H and O–H groups in total. The van der Waals surface area contributed by atoms with Gasteiger partial charge >= 0.3 is 11.9 Å². The summed E-state index contributed by atoms with van der Waals surface area (Å²) in [5.41, 5.74) is 0. The predicted molar refractivity (Wildman–Crippen MR) is 48.7 cm³/mol. The minimum absolute atomic E-state index is 0.0791. The average molecular weight is 200 g/mol. The molecule has 0 amide bonds. The van der Waals surface area contributed by atoms with Gasteiger partial charge in [0.2, 0.25) is 0 Å². The smallest absolute Gasteiger partial charge is 0.331 e. The van der Waals surface area contributed by atoms with Gasteiger partial charge in [0.1, 0.15) is 0 Å². The summed E-state index contributed by atoms with van der Waals surface area (Å²) < 4.78 is 4.83. The van der Waals surface area contributed by atoms with Crippen molar-refractivity contribution >= 4 is 11.9 Å². The summed E-state index contributed by atoms with van der Waals surface area (Å²) in [6.07, 6.45) is 4.42. The van der Waals surface area contributed by atoms with Crippen molar-refractivity contribution in [2.24, 2.45) is 5.92 Å². The molecule has 0 saturated carbocycles. The first-order valence-electron chi connectivity index (χ1n) is 3.94. The Labute approximate surface area is 81.3 Å². The Bertz CT molecular complexity index is 254. The van der Waals surface area contributed by atoms with Gasteiger partial charge in [-0.25, -0.2) is 9.59 Å². The maximum absolute atomic E-state index is 10.1. The molecule has 1 atom stereocenters. The van der Waals surface area contributed by atoms with Crippen molar-refractivity contribution in [2.45, 2.75) is 6.92 Å². The van der Waals surface area contributed by atoms with Crippen LogP contribution in [0.4, 0.5) is 0 Å². The van der Waals surface area contributed by atoms with Crippen LogP contribution in [0.3, 0.4) is 0 Å². The van der Waals surface area contributed by atoms with Crippen LogP contribution in [0.1, 0.15) is 6.92 Å². The molecular formula is C9H12O5. The molecule has 0 radical (unpaired) electrons. The maximum atomic E-state index is 10.1. The number of ether oxygens (including phenoxy) is 1. The molecular weight excluding hydrogens is 188 g/mol. The molecule has 0 fully saturated rings. The third-order valence-electron chi connectivity index (χ3n) is 1.23. The number of aliphatic carboxylic acids is 2. The Morgan fingerprint density at radius 1 is 1.29 bits per heavy atom.